The standard InChI is InChI=1S/C12H18BrN3O/c1-7(2)6-10(14)12(17)16-11-5-4-9(13)8(3)15-11/h4-5,7,10H,6,14H2,1-3H3,(H,15,16,17)/t10-/m0/s1. The van der Waals surface area contributed by atoms with E-state index in [0.717, 1.165) is 10.2 Å². The lowest BCUT2D eigenvalue weighted by Crippen LogP contribution is -2.36. The summed E-state index contributed by atoms with van der Waals surface area (Å²) in [7, 11) is 0. The van der Waals surface area contributed by atoms with Gasteiger partial charge in [-0.2, -0.15) is 0 Å². The number of nitrogens with zero attached hydrogens (tertiary/aromatic N) is 1. The van der Waals surface area contributed by atoms with E-state index >= 15 is 0 Å². The second-order valence-corrected chi connectivity index (χ2v) is 5.34. The number of amides is 1. The minimum Gasteiger partial charge on any atom is -0.320 e. The Labute approximate surface area is 110 Å². The van der Waals surface area contributed by atoms with Gasteiger partial charge in [0.1, 0.15) is 5.82 Å². The van der Waals surface area contributed by atoms with Gasteiger partial charge in [0, 0.05) is 4.47 Å². The number of pyridine rings is 1. The number of aryl methyl sites for hydroxylation is 1. The van der Waals surface area contributed by atoms with Crippen LogP contribution in [-0.4, -0.2) is 16.9 Å². The Morgan fingerprint density at radius 3 is 2.71 bits per heavy atom. The lowest BCUT2D eigenvalue weighted by Gasteiger charge is -2.14. The van der Waals surface area contributed by atoms with Crippen LogP contribution < -0.4 is 11.1 Å². The van der Waals surface area contributed by atoms with Crippen molar-refractivity contribution in [2.45, 2.75) is 33.2 Å². The predicted octanol–water partition coefficient (Wildman–Crippen LogP) is 2.46. The Bertz CT molecular complexity index is 407. The number of nitrogens with one attached hydrogen (secondary N) is 1. The van der Waals surface area contributed by atoms with Crippen LogP contribution in [-0.2, 0) is 4.79 Å². The molecule has 0 aliphatic heterocycles. The van der Waals surface area contributed by atoms with Gasteiger partial charge in [-0.3, -0.25) is 4.79 Å². The molecular weight excluding hydrogens is 282 g/mol. The van der Waals surface area contributed by atoms with Crippen LogP contribution in [0.2, 0.25) is 0 Å². The van der Waals surface area contributed by atoms with E-state index in [2.05, 4.69) is 26.2 Å². The van der Waals surface area contributed by atoms with Gasteiger partial charge in [-0.1, -0.05) is 13.8 Å². The Kier molecular flexibility index (Phi) is 5.08. The maximum absolute atomic E-state index is 11.8. The van der Waals surface area contributed by atoms with Crippen molar-refractivity contribution in [3.63, 3.8) is 0 Å². The Morgan fingerprint density at radius 2 is 2.18 bits per heavy atom. The molecule has 1 aromatic rings. The summed E-state index contributed by atoms with van der Waals surface area (Å²) in [6.45, 7) is 5.94. The Balaban J connectivity index is 2.64. The molecule has 0 saturated carbocycles. The van der Waals surface area contributed by atoms with Crippen LogP contribution in [0.5, 0.6) is 0 Å². The minimum atomic E-state index is -0.485. The summed E-state index contributed by atoms with van der Waals surface area (Å²) in [5.74, 6) is 0.748. The molecule has 0 aliphatic carbocycles. The second-order valence-electron chi connectivity index (χ2n) is 4.49. The van der Waals surface area contributed by atoms with Crippen LogP contribution >= 0.6 is 15.9 Å². The molecule has 5 heteroatoms. The summed E-state index contributed by atoms with van der Waals surface area (Å²) in [4.78, 5) is 16.0. The van der Waals surface area contributed by atoms with Gasteiger partial charge in [-0.15, -0.1) is 0 Å². The maximum atomic E-state index is 11.8. The third-order valence-corrected chi connectivity index (χ3v) is 3.17. The van der Waals surface area contributed by atoms with E-state index in [9.17, 15) is 4.79 Å². The second kappa shape index (κ2) is 6.12. The summed E-state index contributed by atoms with van der Waals surface area (Å²) in [5, 5.41) is 2.72. The number of halogens is 1. The third-order valence-electron chi connectivity index (χ3n) is 2.33. The van der Waals surface area contributed by atoms with Gasteiger partial charge in [0.05, 0.1) is 11.7 Å². The van der Waals surface area contributed by atoms with Gasteiger partial charge in [0.25, 0.3) is 0 Å². The molecule has 3 N–H and O–H groups in total. The summed E-state index contributed by atoms with van der Waals surface area (Å²) >= 11 is 3.36. The molecule has 0 radical (unpaired) electrons. The largest absolute Gasteiger partial charge is 0.320 e. The van der Waals surface area contributed by atoms with Crippen LogP contribution in [0.15, 0.2) is 16.6 Å². The zero-order chi connectivity index (χ0) is 13.0. The van der Waals surface area contributed by atoms with Crippen molar-refractivity contribution in [3.8, 4) is 0 Å². The van der Waals surface area contributed by atoms with Crippen molar-refractivity contribution >= 4 is 27.7 Å². The SMILES string of the molecule is Cc1nc(NC(=O)[C@@H](N)CC(C)C)ccc1Br. The first-order valence-corrected chi connectivity index (χ1v) is 6.39. The fourth-order valence-corrected chi connectivity index (χ4v) is 1.67. The molecule has 1 atom stereocenters. The lowest BCUT2D eigenvalue weighted by molar-refractivity contribution is -0.117. The molecule has 0 aliphatic rings. The Hall–Kier alpha value is -0.940. The lowest BCUT2D eigenvalue weighted by atomic mass is 10.0. The highest BCUT2D eigenvalue weighted by Gasteiger charge is 2.15. The van der Waals surface area contributed by atoms with Crippen molar-refractivity contribution < 1.29 is 4.79 Å². The normalized spacial score (nSPS) is 12.6. The number of hydrogen-bond donors (Lipinski definition) is 2. The van der Waals surface area contributed by atoms with Crippen LogP contribution in [0.1, 0.15) is 26.0 Å². The topological polar surface area (TPSA) is 68.0 Å². The van der Waals surface area contributed by atoms with Crippen molar-refractivity contribution in [3.05, 3.63) is 22.3 Å². The van der Waals surface area contributed by atoms with E-state index in [-0.39, 0.29) is 5.91 Å². The first kappa shape index (κ1) is 14.1. The van der Waals surface area contributed by atoms with E-state index in [1.165, 1.54) is 0 Å². The van der Waals surface area contributed by atoms with Crippen molar-refractivity contribution in [2.24, 2.45) is 11.7 Å². The molecule has 1 aromatic heterocycles. The van der Waals surface area contributed by atoms with Gasteiger partial charge < -0.3 is 11.1 Å². The fraction of sp³-hybridized carbons (Fsp3) is 0.500. The smallest absolute Gasteiger partial charge is 0.242 e. The zero-order valence-electron chi connectivity index (χ0n) is 10.3. The quantitative estimate of drug-likeness (QED) is 0.897. The van der Waals surface area contributed by atoms with Gasteiger partial charge in [-0.25, -0.2) is 4.98 Å². The van der Waals surface area contributed by atoms with Gasteiger partial charge in [-0.05, 0) is 47.3 Å². The molecule has 4 nitrogen and oxygen atoms in total. The van der Waals surface area contributed by atoms with Crippen molar-refractivity contribution in [1.82, 2.24) is 4.98 Å². The van der Waals surface area contributed by atoms with E-state index in [0.29, 0.717) is 18.2 Å². The van der Waals surface area contributed by atoms with E-state index < -0.39 is 6.04 Å². The first-order chi connectivity index (χ1) is 7.90. The monoisotopic (exact) mass is 299 g/mol. The highest BCUT2D eigenvalue weighted by Crippen LogP contribution is 2.16. The molecule has 0 saturated heterocycles. The number of carbonyl (C=O) groups is 1. The van der Waals surface area contributed by atoms with Crippen LogP contribution in [0.25, 0.3) is 0 Å². The summed E-state index contributed by atoms with van der Waals surface area (Å²) in [5.41, 5.74) is 6.62. The van der Waals surface area contributed by atoms with E-state index in [1.54, 1.807) is 6.07 Å². The average molecular weight is 300 g/mol. The molecule has 0 unspecified atom stereocenters. The van der Waals surface area contributed by atoms with Crippen molar-refractivity contribution in [2.75, 3.05) is 5.32 Å². The van der Waals surface area contributed by atoms with Gasteiger partial charge in [0.15, 0.2) is 0 Å². The number of hydrogen-bond acceptors (Lipinski definition) is 3. The van der Waals surface area contributed by atoms with E-state index in [1.807, 2.05) is 26.8 Å². The predicted molar refractivity (Wildman–Crippen MR) is 72.7 cm³/mol. The highest BCUT2D eigenvalue weighted by molar-refractivity contribution is 9.10. The summed E-state index contributed by atoms with van der Waals surface area (Å²) in [6.07, 6.45) is 0.668. The molecule has 1 heterocycles. The fourth-order valence-electron chi connectivity index (χ4n) is 1.45. The zero-order valence-corrected chi connectivity index (χ0v) is 11.9. The molecule has 17 heavy (non-hydrogen) atoms. The first-order valence-electron chi connectivity index (χ1n) is 5.59. The molecule has 0 aromatic carbocycles. The molecule has 1 amide bonds. The van der Waals surface area contributed by atoms with Crippen LogP contribution in [0, 0.1) is 12.8 Å². The Morgan fingerprint density at radius 1 is 1.53 bits per heavy atom. The van der Waals surface area contributed by atoms with Crippen LogP contribution in [0.4, 0.5) is 5.82 Å². The van der Waals surface area contributed by atoms with E-state index in [4.69, 9.17) is 5.73 Å². The average Bonchev–Trinajstić information content (AvgIpc) is 2.22. The molecule has 0 spiro atoms. The number of carbonyl (C=O) groups excluding carboxylic acids is 1. The summed E-state index contributed by atoms with van der Waals surface area (Å²) in [6, 6.07) is 3.11. The molecule has 94 valence electrons. The number of aromatic nitrogens is 1. The molecular formula is C12H18BrN3O. The molecule has 1 rings (SSSR count). The number of nitrogens with two attached hydrogens (primary N) is 1. The van der Waals surface area contributed by atoms with Gasteiger partial charge >= 0.3 is 0 Å². The van der Waals surface area contributed by atoms with Crippen molar-refractivity contribution in [1.29, 1.82) is 0 Å². The van der Waals surface area contributed by atoms with Gasteiger partial charge in [0.2, 0.25) is 5.91 Å². The highest BCUT2D eigenvalue weighted by atomic mass is 79.9. The number of anilines is 1. The molecule has 0 fully saturated rings. The number of rotatable bonds is 4. The van der Waals surface area contributed by atoms with Crippen LogP contribution in [0.3, 0.4) is 0 Å². The third kappa shape index (κ3) is 4.44. The maximum Gasteiger partial charge on any atom is 0.242 e. The minimum absolute atomic E-state index is 0.187. The summed E-state index contributed by atoms with van der Waals surface area (Å²) < 4.78 is 0.918. The molecule has 0 bridgehead atoms.